The van der Waals surface area contributed by atoms with Crippen molar-refractivity contribution in [1.82, 2.24) is 14.7 Å². The zero-order valence-electron chi connectivity index (χ0n) is 14.2. The molecule has 1 aliphatic heterocycles. The number of aryl methyl sites for hydroxylation is 1. The standard InChI is InChI=1S/C17H22N4O2S/c1-11-7-12(2)10-21(9-11)17(23)13-8-15(20(3)19-13)18-16(22)14-5-4-6-24-14/h4-6,8,11-12H,7,9-10H2,1-3H3,(H,18,22)/t11-,12-/m1/s1. The van der Waals surface area contributed by atoms with E-state index in [1.54, 1.807) is 19.2 Å². The third kappa shape index (κ3) is 3.51. The molecule has 0 aromatic carbocycles. The topological polar surface area (TPSA) is 67.2 Å². The SMILES string of the molecule is C[C@@H]1C[C@@H](C)CN(C(=O)c2cc(NC(=O)c3cccs3)n(C)n2)C1. The summed E-state index contributed by atoms with van der Waals surface area (Å²) in [4.78, 5) is 27.4. The molecule has 3 rings (SSSR count). The van der Waals surface area contributed by atoms with Gasteiger partial charge in [0.15, 0.2) is 5.69 Å². The summed E-state index contributed by atoms with van der Waals surface area (Å²) in [5, 5.41) is 8.95. The van der Waals surface area contributed by atoms with Crippen LogP contribution in [0.15, 0.2) is 23.6 Å². The molecule has 1 N–H and O–H groups in total. The van der Waals surface area contributed by atoms with Crippen molar-refractivity contribution >= 4 is 29.0 Å². The van der Waals surface area contributed by atoms with Gasteiger partial charge < -0.3 is 10.2 Å². The molecule has 0 radical (unpaired) electrons. The number of carbonyl (C=O) groups excluding carboxylic acids is 2. The molecule has 2 aromatic rings. The quantitative estimate of drug-likeness (QED) is 0.929. The third-order valence-electron chi connectivity index (χ3n) is 4.24. The highest BCUT2D eigenvalue weighted by Crippen LogP contribution is 2.23. The normalized spacial score (nSPS) is 20.9. The number of aromatic nitrogens is 2. The smallest absolute Gasteiger partial charge is 0.274 e. The van der Waals surface area contributed by atoms with Gasteiger partial charge in [0.2, 0.25) is 0 Å². The zero-order chi connectivity index (χ0) is 17.3. The summed E-state index contributed by atoms with van der Waals surface area (Å²) in [5.41, 5.74) is 0.375. The first-order valence-corrected chi connectivity index (χ1v) is 9.00. The van der Waals surface area contributed by atoms with Crippen molar-refractivity contribution in [2.75, 3.05) is 18.4 Å². The Bertz CT molecular complexity index is 728. The summed E-state index contributed by atoms with van der Waals surface area (Å²) in [5.74, 6) is 1.27. The first-order chi connectivity index (χ1) is 11.4. The van der Waals surface area contributed by atoms with E-state index in [1.165, 1.54) is 16.0 Å². The number of hydrogen-bond donors (Lipinski definition) is 1. The van der Waals surface area contributed by atoms with Crippen LogP contribution in [0, 0.1) is 11.8 Å². The van der Waals surface area contributed by atoms with Gasteiger partial charge in [-0.05, 0) is 29.7 Å². The first-order valence-electron chi connectivity index (χ1n) is 8.12. The average molecular weight is 346 g/mol. The predicted molar refractivity (Wildman–Crippen MR) is 94.3 cm³/mol. The summed E-state index contributed by atoms with van der Waals surface area (Å²) in [6.07, 6.45) is 1.15. The van der Waals surface area contributed by atoms with Crippen LogP contribution in [-0.4, -0.2) is 39.6 Å². The highest BCUT2D eigenvalue weighted by Gasteiger charge is 2.28. The number of hydrogen-bond acceptors (Lipinski definition) is 4. The maximum Gasteiger partial charge on any atom is 0.274 e. The molecule has 0 aliphatic carbocycles. The third-order valence-corrected chi connectivity index (χ3v) is 5.11. The van der Waals surface area contributed by atoms with Crippen molar-refractivity contribution in [3.8, 4) is 0 Å². The highest BCUT2D eigenvalue weighted by molar-refractivity contribution is 7.12. The maximum absolute atomic E-state index is 12.7. The molecule has 0 spiro atoms. The molecule has 128 valence electrons. The molecule has 2 atom stereocenters. The van der Waals surface area contributed by atoms with E-state index in [0.717, 1.165) is 19.5 Å². The van der Waals surface area contributed by atoms with Crippen LogP contribution in [0.2, 0.25) is 0 Å². The fraction of sp³-hybridized carbons (Fsp3) is 0.471. The van der Waals surface area contributed by atoms with Gasteiger partial charge in [-0.25, -0.2) is 0 Å². The molecule has 2 aromatic heterocycles. The van der Waals surface area contributed by atoms with Crippen molar-refractivity contribution in [1.29, 1.82) is 0 Å². The number of nitrogens with one attached hydrogen (secondary N) is 1. The van der Waals surface area contributed by atoms with Gasteiger partial charge in [-0.1, -0.05) is 19.9 Å². The van der Waals surface area contributed by atoms with Gasteiger partial charge in [0.05, 0.1) is 4.88 Å². The number of amides is 2. The van der Waals surface area contributed by atoms with Crippen molar-refractivity contribution in [2.45, 2.75) is 20.3 Å². The molecule has 1 aliphatic rings. The summed E-state index contributed by atoms with van der Waals surface area (Å²) in [6, 6.07) is 5.24. The van der Waals surface area contributed by atoms with Crippen molar-refractivity contribution < 1.29 is 9.59 Å². The lowest BCUT2D eigenvalue weighted by Crippen LogP contribution is -2.42. The van der Waals surface area contributed by atoms with E-state index in [4.69, 9.17) is 0 Å². The lowest BCUT2D eigenvalue weighted by atomic mass is 9.92. The molecule has 0 bridgehead atoms. The van der Waals surface area contributed by atoms with Gasteiger partial charge in [-0.15, -0.1) is 11.3 Å². The van der Waals surface area contributed by atoms with E-state index < -0.39 is 0 Å². The molecule has 1 saturated heterocycles. The van der Waals surface area contributed by atoms with Crippen LogP contribution in [0.5, 0.6) is 0 Å². The lowest BCUT2D eigenvalue weighted by molar-refractivity contribution is 0.0616. The molecule has 2 amide bonds. The molecular weight excluding hydrogens is 324 g/mol. The maximum atomic E-state index is 12.7. The molecule has 6 nitrogen and oxygen atoms in total. The fourth-order valence-corrected chi connectivity index (χ4v) is 3.88. The van der Waals surface area contributed by atoms with Crippen LogP contribution in [0.3, 0.4) is 0 Å². The summed E-state index contributed by atoms with van der Waals surface area (Å²) >= 11 is 1.38. The highest BCUT2D eigenvalue weighted by atomic mass is 32.1. The second kappa shape index (κ2) is 6.76. The van der Waals surface area contributed by atoms with Crippen LogP contribution in [0.25, 0.3) is 0 Å². The monoisotopic (exact) mass is 346 g/mol. The van der Waals surface area contributed by atoms with Gasteiger partial charge in [0, 0.05) is 26.2 Å². The summed E-state index contributed by atoms with van der Waals surface area (Å²) in [7, 11) is 1.72. The molecule has 7 heteroatoms. The van der Waals surface area contributed by atoms with E-state index in [-0.39, 0.29) is 11.8 Å². The largest absolute Gasteiger partial charge is 0.337 e. The van der Waals surface area contributed by atoms with Gasteiger partial charge in [-0.2, -0.15) is 5.10 Å². The second-order valence-corrected chi connectivity index (χ2v) is 7.57. The van der Waals surface area contributed by atoms with E-state index in [9.17, 15) is 9.59 Å². The molecular formula is C17H22N4O2S. The average Bonchev–Trinajstić information content (AvgIpc) is 3.16. The van der Waals surface area contributed by atoms with Crippen LogP contribution in [0.4, 0.5) is 5.82 Å². The van der Waals surface area contributed by atoms with Crippen LogP contribution in [-0.2, 0) is 7.05 Å². The molecule has 24 heavy (non-hydrogen) atoms. The summed E-state index contributed by atoms with van der Waals surface area (Å²) in [6.45, 7) is 5.86. The Morgan fingerprint density at radius 3 is 2.62 bits per heavy atom. The molecule has 0 unspecified atom stereocenters. The minimum absolute atomic E-state index is 0.0689. The minimum Gasteiger partial charge on any atom is -0.337 e. The number of anilines is 1. The Balaban J connectivity index is 1.73. The number of likely N-dealkylation sites (tertiary alicyclic amines) is 1. The van der Waals surface area contributed by atoms with Gasteiger partial charge in [-0.3, -0.25) is 14.3 Å². The Kier molecular flexibility index (Phi) is 4.71. The van der Waals surface area contributed by atoms with E-state index >= 15 is 0 Å². The number of piperidine rings is 1. The minimum atomic E-state index is -0.188. The molecule has 0 saturated carbocycles. The van der Waals surface area contributed by atoms with Gasteiger partial charge >= 0.3 is 0 Å². The Morgan fingerprint density at radius 1 is 1.29 bits per heavy atom. The van der Waals surface area contributed by atoms with E-state index in [2.05, 4.69) is 24.3 Å². The van der Waals surface area contributed by atoms with Crippen molar-refractivity contribution in [3.05, 3.63) is 34.2 Å². The predicted octanol–water partition coefficient (Wildman–Crippen LogP) is 2.85. The van der Waals surface area contributed by atoms with Crippen LogP contribution in [0.1, 0.15) is 40.4 Å². The Morgan fingerprint density at radius 2 is 2.00 bits per heavy atom. The zero-order valence-corrected chi connectivity index (χ0v) is 15.0. The number of rotatable bonds is 3. The molecule has 1 fully saturated rings. The van der Waals surface area contributed by atoms with E-state index in [1.807, 2.05) is 16.3 Å². The van der Waals surface area contributed by atoms with Gasteiger partial charge in [0.1, 0.15) is 5.82 Å². The fourth-order valence-electron chi connectivity index (χ4n) is 3.27. The van der Waals surface area contributed by atoms with Gasteiger partial charge in [0.25, 0.3) is 11.8 Å². The van der Waals surface area contributed by atoms with Crippen molar-refractivity contribution in [2.24, 2.45) is 18.9 Å². The van der Waals surface area contributed by atoms with Crippen molar-refractivity contribution in [3.63, 3.8) is 0 Å². The Labute approximate surface area is 145 Å². The van der Waals surface area contributed by atoms with E-state index in [0.29, 0.717) is 28.2 Å². The number of carbonyl (C=O) groups is 2. The van der Waals surface area contributed by atoms with Crippen LogP contribution < -0.4 is 5.32 Å². The molecule has 3 heterocycles. The lowest BCUT2D eigenvalue weighted by Gasteiger charge is -2.34. The van der Waals surface area contributed by atoms with Crippen LogP contribution >= 0.6 is 11.3 Å². The Hall–Kier alpha value is -2.15. The number of thiophene rings is 1. The first kappa shape index (κ1) is 16.7. The summed E-state index contributed by atoms with van der Waals surface area (Å²) < 4.78 is 1.54. The number of nitrogens with zero attached hydrogens (tertiary/aromatic N) is 3. The second-order valence-electron chi connectivity index (χ2n) is 6.63.